The topological polar surface area (TPSA) is 55.1 Å². The monoisotopic (exact) mass is 348 g/mol. The molecule has 0 aliphatic carbocycles. The van der Waals surface area contributed by atoms with Gasteiger partial charge in [0.1, 0.15) is 11.6 Å². The van der Waals surface area contributed by atoms with Gasteiger partial charge in [0, 0.05) is 18.5 Å². The van der Waals surface area contributed by atoms with Gasteiger partial charge in [-0.05, 0) is 33.8 Å². The van der Waals surface area contributed by atoms with Crippen molar-refractivity contribution in [1.29, 1.82) is 0 Å². The molecular weight excluding hydrogens is 330 g/mol. The van der Waals surface area contributed by atoms with Crippen LogP contribution in [0.1, 0.15) is 33.6 Å². The lowest BCUT2D eigenvalue weighted by molar-refractivity contribution is -0.116. The molecule has 1 atom stereocenters. The van der Waals surface area contributed by atoms with Crippen molar-refractivity contribution in [3.05, 3.63) is 28.2 Å². The Morgan fingerprint density at radius 3 is 2.50 bits per heavy atom. The van der Waals surface area contributed by atoms with E-state index in [1.54, 1.807) is 0 Å². The second-order valence-electron chi connectivity index (χ2n) is 6.02. The van der Waals surface area contributed by atoms with Crippen LogP contribution in [0.4, 0.5) is 14.5 Å². The number of carbonyl (C=O) groups excluding carboxylic acids is 1. The van der Waals surface area contributed by atoms with Gasteiger partial charge in [0.05, 0.1) is 10.2 Å². The van der Waals surface area contributed by atoms with Crippen molar-refractivity contribution in [3.63, 3.8) is 0 Å². The highest BCUT2D eigenvalue weighted by Crippen LogP contribution is 2.24. The first-order chi connectivity index (χ1) is 9.08. The van der Waals surface area contributed by atoms with Crippen LogP contribution in [-0.2, 0) is 4.79 Å². The zero-order chi connectivity index (χ0) is 15.5. The molecule has 20 heavy (non-hydrogen) atoms. The minimum absolute atomic E-state index is 0.0177. The van der Waals surface area contributed by atoms with E-state index < -0.39 is 11.6 Å². The second-order valence-corrected chi connectivity index (χ2v) is 6.88. The number of rotatable bonds is 4. The first-order valence-electron chi connectivity index (χ1n) is 6.28. The van der Waals surface area contributed by atoms with E-state index in [-0.39, 0.29) is 33.9 Å². The lowest BCUT2D eigenvalue weighted by atomic mass is 9.87. The first kappa shape index (κ1) is 17.0. The van der Waals surface area contributed by atoms with E-state index in [1.165, 1.54) is 6.07 Å². The summed E-state index contributed by atoms with van der Waals surface area (Å²) in [5.74, 6) is -1.92. The number of carbonyl (C=O) groups is 1. The predicted octanol–water partition coefficient (Wildman–Crippen LogP) is 3.82. The van der Waals surface area contributed by atoms with E-state index >= 15 is 0 Å². The summed E-state index contributed by atoms with van der Waals surface area (Å²) in [6, 6.07) is 1.61. The number of hydrogen-bond donors (Lipinski definition) is 2. The second kappa shape index (κ2) is 6.63. The summed E-state index contributed by atoms with van der Waals surface area (Å²) in [7, 11) is 0. The molecule has 0 saturated carbocycles. The molecule has 3 N–H and O–H groups in total. The van der Waals surface area contributed by atoms with Crippen LogP contribution < -0.4 is 11.1 Å². The van der Waals surface area contributed by atoms with Crippen molar-refractivity contribution in [3.8, 4) is 0 Å². The molecule has 0 fully saturated rings. The molecule has 3 nitrogen and oxygen atoms in total. The van der Waals surface area contributed by atoms with Crippen molar-refractivity contribution in [2.75, 3.05) is 5.32 Å². The summed E-state index contributed by atoms with van der Waals surface area (Å²) in [5, 5.41) is 2.40. The predicted molar refractivity (Wildman–Crippen MR) is 79.4 cm³/mol. The van der Waals surface area contributed by atoms with Gasteiger partial charge in [0.2, 0.25) is 5.91 Å². The molecule has 1 aromatic carbocycles. The number of anilines is 1. The van der Waals surface area contributed by atoms with Crippen LogP contribution in [-0.4, -0.2) is 11.9 Å². The SMILES string of the molecule is CC(C)(C)CC(N)CC(=O)Nc1cc(Br)c(F)cc1F. The van der Waals surface area contributed by atoms with Crippen LogP contribution in [0.3, 0.4) is 0 Å². The van der Waals surface area contributed by atoms with Gasteiger partial charge < -0.3 is 11.1 Å². The molecule has 0 aliphatic heterocycles. The molecule has 0 bridgehead atoms. The van der Waals surface area contributed by atoms with E-state index in [0.717, 1.165) is 6.07 Å². The van der Waals surface area contributed by atoms with Gasteiger partial charge in [-0.2, -0.15) is 0 Å². The van der Waals surface area contributed by atoms with Crippen LogP contribution in [0.5, 0.6) is 0 Å². The Bertz CT molecular complexity index is 501. The smallest absolute Gasteiger partial charge is 0.226 e. The van der Waals surface area contributed by atoms with Crippen molar-refractivity contribution in [1.82, 2.24) is 0 Å². The van der Waals surface area contributed by atoms with Crippen molar-refractivity contribution in [2.45, 2.75) is 39.7 Å². The Labute approximate surface area is 126 Å². The number of nitrogens with one attached hydrogen (secondary N) is 1. The Kier molecular flexibility index (Phi) is 5.65. The summed E-state index contributed by atoms with van der Waals surface area (Å²) < 4.78 is 26.7. The highest BCUT2D eigenvalue weighted by molar-refractivity contribution is 9.10. The summed E-state index contributed by atoms with van der Waals surface area (Å²) in [4.78, 5) is 11.8. The molecule has 0 saturated heterocycles. The number of halogens is 3. The minimum Gasteiger partial charge on any atom is -0.327 e. The van der Waals surface area contributed by atoms with Crippen molar-refractivity contribution < 1.29 is 13.6 Å². The quantitative estimate of drug-likeness (QED) is 0.812. The highest BCUT2D eigenvalue weighted by Gasteiger charge is 2.19. The van der Waals surface area contributed by atoms with Crippen LogP contribution in [0, 0.1) is 17.0 Å². The van der Waals surface area contributed by atoms with E-state index in [4.69, 9.17) is 5.73 Å². The third kappa shape index (κ3) is 5.54. The minimum atomic E-state index is -0.816. The van der Waals surface area contributed by atoms with Crippen LogP contribution in [0.2, 0.25) is 0 Å². The van der Waals surface area contributed by atoms with Gasteiger partial charge in [-0.15, -0.1) is 0 Å². The molecule has 0 spiro atoms. The lowest BCUT2D eigenvalue weighted by Gasteiger charge is -2.22. The number of amides is 1. The summed E-state index contributed by atoms with van der Waals surface area (Å²) in [6.07, 6.45) is 0.766. The summed E-state index contributed by atoms with van der Waals surface area (Å²) in [6.45, 7) is 6.09. The lowest BCUT2D eigenvalue weighted by Crippen LogP contribution is -2.31. The Hall–Kier alpha value is -1.01. The van der Waals surface area contributed by atoms with Crippen LogP contribution in [0.15, 0.2) is 16.6 Å². The summed E-state index contributed by atoms with van der Waals surface area (Å²) in [5.41, 5.74) is 5.84. The van der Waals surface area contributed by atoms with Gasteiger partial charge in [-0.3, -0.25) is 4.79 Å². The largest absolute Gasteiger partial charge is 0.327 e. The zero-order valence-corrected chi connectivity index (χ0v) is 13.4. The molecule has 112 valence electrons. The maximum Gasteiger partial charge on any atom is 0.226 e. The molecule has 1 rings (SSSR count). The molecular formula is C14H19BrF2N2O. The number of nitrogens with two attached hydrogens (primary N) is 1. The standard InChI is InChI=1S/C14H19BrF2N2O/c1-14(2,3)7-8(18)4-13(20)19-12-5-9(15)10(16)6-11(12)17/h5-6,8H,4,7,18H2,1-3H3,(H,19,20). The fourth-order valence-corrected chi connectivity index (χ4v) is 2.26. The van der Waals surface area contributed by atoms with Gasteiger partial charge in [-0.1, -0.05) is 20.8 Å². The molecule has 1 unspecified atom stereocenters. The molecule has 0 heterocycles. The Morgan fingerprint density at radius 2 is 1.95 bits per heavy atom. The Morgan fingerprint density at radius 1 is 1.35 bits per heavy atom. The molecule has 0 aromatic heterocycles. The fraction of sp³-hybridized carbons (Fsp3) is 0.500. The van der Waals surface area contributed by atoms with Crippen molar-refractivity contribution in [2.24, 2.45) is 11.1 Å². The summed E-state index contributed by atoms with van der Waals surface area (Å²) >= 11 is 2.94. The molecule has 1 amide bonds. The maximum atomic E-state index is 13.5. The molecule has 0 radical (unpaired) electrons. The first-order valence-corrected chi connectivity index (χ1v) is 7.08. The normalized spacial score (nSPS) is 13.2. The van der Waals surface area contributed by atoms with Gasteiger partial charge >= 0.3 is 0 Å². The third-order valence-corrected chi connectivity index (χ3v) is 3.21. The fourth-order valence-electron chi connectivity index (χ4n) is 1.92. The maximum absolute atomic E-state index is 13.5. The van der Waals surface area contributed by atoms with E-state index in [0.29, 0.717) is 6.42 Å². The van der Waals surface area contributed by atoms with Gasteiger partial charge in [0.15, 0.2) is 0 Å². The van der Waals surface area contributed by atoms with E-state index in [2.05, 4.69) is 21.2 Å². The Balaban J connectivity index is 2.65. The molecule has 0 aliphatic rings. The van der Waals surface area contributed by atoms with Crippen molar-refractivity contribution >= 4 is 27.5 Å². The number of hydrogen-bond acceptors (Lipinski definition) is 2. The average Bonchev–Trinajstić information content (AvgIpc) is 2.22. The van der Waals surface area contributed by atoms with Gasteiger partial charge in [-0.25, -0.2) is 8.78 Å². The number of benzene rings is 1. The van der Waals surface area contributed by atoms with E-state index in [1.807, 2.05) is 20.8 Å². The van der Waals surface area contributed by atoms with E-state index in [9.17, 15) is 13.6 Å². The molecule has 6 heteroatoms. The molecule has 1 aromatic rings. The third-order valence-electron chi connectivity index (χ3n) is 2.61. The zero-order valence-electron chi connectivity index (χ0n) is 11.8. The van der Waals surface area contributed by atoms with Crippen LogP contribution >= 0.6 is 15.9 Å². The average molecular weight is 349 g/mol. The highest BCUT2D eigenvalue weighted by atomic mass is 79.9. The van der Waals surface area contributed by atoms with Crippen LogP contribution in [0.25, 0.3) is 0 Å². The van der Waals surface area contributed by atoms with Gasteiger partial charge in [0.25, 0.3) is 0 Å².